The Bertz CT molecular complexity index is 496. The molecule has 1 amide bonds. The number of carbonyl (C=O) groups is 1. The Balaban J connectivity index is 2.27. The van der Waals surface area contributed by atoms with Crippen LogP contribution in [0.2, 0.25) is 0 Å². The first kappa shape index (κ1) is 15.9. The predicted molar refractivity (Wildman–Crippen MR) is 86.0 cm³/mol. The average molecular weight is 289 g/mol. The molecule has 0 fully saturated rings. The predicted octanol–water partition coefficient (Wildman–Crippen LogP) is 3.59. The molecular formula is C18H27NO2. The summed E-state index contributed by atoms with van der Waals surface area (Å²) in [5.74, 6) is 1.64. The highest BCUT2D eigenvalue weighted by atomic mass is 16.5. The fourth-order valence-corrected chi connectivity index (χ4v) is 3.51. The molecule has 0 heterocycles. The second kappa shape index (κ2) is 7.48. The highest BCUT2D eigenvalue weighted by Gasteiger charge is 2.24. The Morgan fingerprint density at radius 1 is 1.43 bits per heavy atom. The van der Waals surface area contributed by atoms with Crippen LogP contribution in [-0.2, 0) is 17.6 Å². The zero-order valence-corrected chi connectivity index (χ0v) is 13.5. The van der Waals surface area contributed by atoms with Crippen molar-refractivity contribution in [3.8, 4) is 5.75 Å². The maximum Gasteiger partial charge on any atom is 0.216 e. The summed E-state index contributed by atoms with van der Waals surface area (Å²) in [7, 11) is 1.76. The quantitative estimate of drug-likeness (QED) is 0.869. The van der Waals surface area contributed by atoms with Gasteiger partial charge in [-0.15, -0.1) is 0 Å². The molecule has 1 unspecified atom stereocenters. The molecular weight excluding hydrogens is 262 g/mol. The van der Waals surface area contributed by atoms with Crippen LogP contribution in [0, 0.1) is 0 Å². The summed E-state index contributed by atoms with van der Waals surface area (Å²) < 4.78 is 5.59. The third kappa shape index (κ3) is 3.78. The van der Waals surface area contributed by atoms with Crippen molar-refractivity contribution in [1.82, 2.24) is 5.32 Å². The standard InChI is InChI=1S/C18H27NO2/c1-4-6-16-17(21-3)10-9-14-7-5-8-15(18(14)16)11-12-19-13(2)20/h9-10,15H,4-8,11-12H2,1-3H3,(H,19,20). The van der Waals surface area contributed by atoms with Gasteiger partial charge in [-0.3, -0.25) is 4.79 Å². The Kier molecular flexibility index (Phi) is 5.66. The molecule has 1 aromatic rings. The van der Waals surface area contributed by atoms with Crippen LogP contribution in [-0.4, -0.2) is 19.6 Å². The van der Waals surface area contributed by atoms with Crippen molar-refractivity contribution in [2.75, 3.05) is 13.7 Å². The minimum Gasteiger partial charge on any atom is -0.496 e. The van der Waals surface area contributed by atoms with E-state index in [0.717, 1.165) is 31.6 Å². The van der Waals surface area contributed by atoms with Gasteiger partial charge in [0.2, 0.25) is 5.91 Å². The van der Waals surface area contributed by atoms with Gasteiger partial charge in [-0.1, -0.05) is 19.4 Å². The first-order chi connectivity index (χ1) is 10.2. The number of aryl methyl sites for hydroxylation is 1. The smallest absolute Gasteiger partial charge is 0.216 e. The second-order valence-electron chi connectivity index (χ2n) is 5.93. The van der Waals surface area contributed by atoms with Gasteiger partial charge < -0.3 is 10.1 Å². The largest absolute Gasteiger partial charge is 0.496 e. The van der Waals surface area contributed by atoms with Gasteiger partial charge in [-0.25, -0.2) is 0 Å². The lowest BCUT2D eigenvalue weighted by Gasteiger charge is -2.29. The van der Waals surface area contributed by atoms with Crippen LogP contribution < -0.4 is 10.1 Å². The van der Waals surface area contributed by atoms with E-state index in [2.05, 4.69) is 24.4 Å². The lowest BCUT2D eigenvalue weighted by atomic mass is 9.77. The van der Waals surface area contributed by atoms with E-state index in [4.69, 9.17) is 4.74 Å². The third-order valence-corrected chi connectivity index (χ3v) is 4.40. The monoisotopic (exact) mass is 289 g/mol. The highest BCUT2D eigenvalue weighted by Crippen LogP contribution is 2.40. The molecule has 1 N–H and O–H groups in total. The molecule has 3 nitrogen and oxygen atoms in total. The van der Waals surface area contributed by atoms with Crippen molar-refractivity contribution in [2.24, 2.45) is 0 Å². The lowest BCUT2D eigenvalue weighted by molar-refractivity contribution is -0.118. The summed E-state index contributed by atoms with van der Waals surface area (Å²) in [5, 5.41) is 2.93. The van der Waals surface area contributed by atoms with Crippen LogP contribution in [0.3, 0.4) is 0 Å². The van der Waals surface area contributed by atoms with Gasteiger partial charge in [0, 0.05) is 13.5 Å². The van der Waals surface area contributed by atoms with E-state index in [1.165, 1.54) is 36.0 Å². The minimum absolute atomic E-state index is 0.0606. The molecule has 0 saturated heterocycles. The van der Waals surface area contributed by atoms with Crippen molar-refractivity contribution in [2.45, 2.75) is 58.3 Å². The lowest BCUT2D eigenvalue weighted by Crippen LogP contribution is -2.24. The van der Waals surface area contributed by atoms with E-state index in [9.17, 15) is 4.79 Å². The Morgan fingerprint density at radius 2 is 2.24 bits per heavy atom. The van der Waals surface area contributed by atoms with Crippen LogP contribution in [0.25, 0.3) is 0 Å². The van der Waals surface area contributed by atoms with Crippen molar-refractivity contribution in [3.63, 3.8) is 0 Å². The van der Waals surface area contributed by atoms with Gasteiger partial charge in [0.15, 0.2) is 0 Å². The van der Waals surface area contributed by atoms with E-state index >= 15 is 0 Å². The molecule has 0 saturated carbocycles. The first-order valence-electron chi connectivity index (χ1n) is 8.10. The van der Waals surface area contributed by atoms with E-state index in [1.807, 2.05) is 0 Å². The van der Waals surface area contributed by atoms with E-state index in [1.54, 1.807) is 14.0 Å². The molecule has 1 aliphatic carbocycles. The second-order valence-corrected chi connectivity index (χ2v) is 5.93. The van der Waals surface area contributed by atoms with E-state index in [-0.39, 0.29) is 5.91 Å². The third-order valence-electron chi connectivity index (χ3n) is 4.40. The maximum absolute atomic E-state index is 11.1. The molecule has 0 aromatic heterocycles. The summed E-state index contributed by atoms with van der Waals surface area (Å²) in [6, 6.07) is 4.36. The number of nitrogens with one attached hydrogen (secondary N) is 1. The molecule has 1 aliphatic rings. The normalized spacial score (nSPS) is 17.2. The number of rotatable bonds is 6. The molecule has 1 aromatic carbocycles. The highest BCUT2D eigenvalue weighted by molar-refractivity contribution is 5.72. The van der Waals surface area contributed by atoms with Crippen LogP contribution in [0.1, 0.15) is 62.1 Å². The summed E-state index contributed by atoms with van der Waals surface area (Å²) in [6.07, 6.45) is 6.86. The van der Waals surface area contributed by atoms with Crippen LogP contribution in [0.15, 0.2) is 12.1 Å². The Labute approximate surface area is 128 Å². The number of benzene rings is 1. The Morgan fingerprint density at radius 3 is 2.90 bits per heavy atom. The van der Waals surface area contributed by atoms with Gasteiger partial charge in [0.25, 0.3) is 0 Å². The van der Waals surface area contributed by atoms with Crippen LogP contribution >= 0.6 is 0 Å². The number of ether oxygens (including phenoxy) is 1. The fraction of sp³-hybridized carbons (Fsp3) is 0.611. The van der Waals surface area contributed by atoms with Crippen LogP contribution in [0.4, 0.5) is 0 Å². The number of fused-ring (bicyclic) bond motifs is 1. The molecule has 2 rings (SSSR count). The molecule has 0 spiro atoms. The van der Waals surface area contributed by atoms with Gasteiger partial charge in [-0.2, -0.15) is 0 Å². The van der Waals surface area contributed by atoms with E-state index < -0.39 is 0 Å². The number of hydrogen-bond donors (Lipinski definition) is 1. The molecule has 3 heteroatoms. The van der Waals surface area contributed by atoms with Gasteiger partial charge >= 0.3 is 0 Å². The first-order valence-corrected chi connectivity index (χ1v) is 8.10. The average Bonchev–Trinajstić information content (AvgIpc) is 2.47. The molecule has 0 aliphatic heterocycles. The summed E-state index contributed by atoms with van der Waals surface area (Å²) >= 11 is 0. The van der Waals surface area contributed by atoms with Gasteiger partial charge in [0.1, 0.15) is 5.75 Å². The zero-order valence-electron chi connectivity index (χ0n) is 13.5. The molecule has 1 atom stereocenters. The Hall–Kier alpha value is -1.51. The number of methoxy groups -OCH3 is 1. The van der Waals surface area contributed by atoms with Crippen LogP contribution in [0.5, 0.6) is 5.75 Å². The number of hydrogen-bond acceptors (Lipinski definition) is 2. The van der Waals surface area contributed by atoms with Gasteiger partial charge in [-0.05, 0) is 60.8 Å². The van der Waals surface area contributed by atoms with Crippen molar-refractivity contribution < 1.29 is 9.53 Å². The number of carbonyl (C=O) groups excluding carboxylic acids is 1. The maximum atomic E-state index is 11.1. The minimum atomic E-state index is 0.0606. The van der Waals surface area contributed by atoms with Crippen molar-refractivity contribution >= 4 is 5.91 Å². The zero-order chi connectivity index (χ0) is 15.2. The molecule has 0 radical (unpaired) electrons. The van der Waals surface area contributed by atoms with Gasteiger partial charge in [0.05, 0.1) is 7.11 Å². The summed E-state index contributed by atoms with van der Waals surface area (Å²) in [6.45, 7) is 4.57. The fourth-order valence-electron chi connectivity index (χ4n) is 3.51. The molecule has 116 valence electrons. The SMILES string of the molecule is CCCc1c(OC)ccc2c1C(CCNC(C)=O)CCC2. The van der Waals surface area contributed by atoms with Crippen molar-refractivity contribution in [3.05, 3.63) is 28.8 Å². The number of amides is 1. The van der Waals surface area contributed by atoms with Crippen molar-refractivity contribution in [1.29, 1.82) is 0 Å². The van der Waals surface area contributed by atoms with E-state index in [0.29, 0.717) is 5.92 Å². The topological polar surface area (TPSA) is 38.3 Å². The summed E-state index contributed by atoms with van der Waals surface area (Å²) in [4.78, 5) is 11.1. The molecule has 0 bridgehead atoms. The molecule has 21 heavy (non-hydrogen) atoms. The summed E-state index contributed by atoms with van der Waals surface area (Å²) in [5.41, 5.74) is 4.39.